The van der Waals surface area contributed by atoms with Gasteiger partial charge < -0.3 is 10.6 Å². The van der Waals surface area contributed by atoms with Gasteiger partial charge in [-0.3, -0.25) is 9.59 Å². The zero-order valence-electron chi connectivity index (χ0n) is 9.25. The monoisotopic (exact) mass is 228 g/mol. The Morgan fingerprint density at radius 1 is 1.18 bits per heavy atom. The number of anilines is 1. The van der Waals surface area contributed by atoms with Crippen molar-refractivity contribution >= 4 is 23.0 Å². The third kappa shape index (κ3) is 1.66. The molecule has 0 saturated heterocycles. The number of fused-ring (bicyclic) bond motifs is 1. The molecule has 4 heteroatoms. The third-order valence-corrected chi connectivity index (χ3v) is 3.15. The Balaban J connectivity index is 2.02. The Morgan fingerprint density at radius 3 is 2.82 bits per heavy atom. The molecular weight excluding hydrogens is 216 g/mol. The zero-order valence-corrected chi connectivity index (χ0v) is 9.25. The van der Waals surface area contributed by atoms with Crippen molar-refractivity contribution in [3.63, 3.8) is 0 Å². The number of hydrogen-bond donors (Lipinski definition) is 2. The van der Waals surface area contributed by atoms with Crippen molar-refractivity contribution in [1.29, 1.82) is 0 Å². The second-order valence-corrected chi connectivity index (χ2v) is 4.23. The lowest BCUT2D eigenvalue weighted by Gasteiger charge is -2.14. The maximum atomic E-state index is 11.6. The molecular formula is C13H12N2O2. The van der Waals surface area contributed by atoms with Gasteiger partial charge in [-0.05, 0) is 36.2 Å². The third-order valence-electron chi connectivity index (χ3n) is 3.15. The van der Waals surface area contributed by atoms with Gasteiger partial charge >= 0.3 is 0 Å². The maximum Gasteiger partial charge on any atom is 0.296 e. The van der Waals surface area contributed by atoms with Crippen LogP contribution >= 0.6 is 0 Å². The predicted molar refractivity (Wildman–Crippen MR) is 64.9 cm³/mol. The molecule has 1 aromatic rings. The number of rotatable bonds is 1. The smallest absolute Gasteiger partial charge is 0.296 e. The van der Waals surface area contributed by atoms with Crippen LogP contribution in [-0.2, 0) is 4.79 Å². The van der Waals surface area contributed by atoms with Crippen LogP contribution in [-0.4, -0.2) is 24.8 Å². The van der Waals surface area contributed by atoms with Gasteiger partial charge in [-0.1, -0.05) is 12.1 Å². The average molecular weight is 228 g/mol. The highest BCUT2D eigenvalue weighted by Gasteiger charge is 2.28. The molecule has 2 N–H and O–H groups in total. The minimum atomic E-state index is -0.531. The van der Waals surface area contributed by atoms with Crippen molar-refractivity contribution in [2.24, 2.45) is 0 Å². The molecule has 0 atom stereocenters. The number of ketones is 1. The predicted octanol–water partition coefficient (Wildman–Crippen LogP) is 1.20. The highest BCUT2D eigenvalue weighted by molar-refractivity contribution is 6.51. The van der Waals surface area contributed by atoms with E-state index in [-0.39, 0.29) is 0 Å². The largest absolute Gasteiger partial charge is 0.318 e. The average Bonchev–Trinajstić information content (AvgIpc) is 2.66. The van der Waals surface area contributed by atoms with Crippen LogP contribution in [0.2, 0.25) is 0 Å². The molecule has 4 nitrogen and oxygen atoms in total. The lowest BCUT2D eigenvalue weighted by Crippen LogP contribution is -2.20. The summed E-state index contributed by atoms with van der Waals surface area (Å²) in [5.41, 5.74) is 3.39. The minimum absolute atomic E-state index is 0.434. The summed E-state index contributed by atoms with van der Waals surface area (Å²) in [5, 5.41) is 5.80. The maximum absolute atomic E-state index is 11.6. The van der Waals surface area contributed by atoms with Gasteiger partial charge in [0, 0.05) is 6.54 Å². The van der Waals surface area contributed by atoms with Crippen molar-refractivity contribution in [1.82, 2.24) is 5.32 Å². The molecule has 1 amide bonds. The van der Waals surface area contributed by atoms with E-state index in [2.05, 4.69) is 16.7 Å². The summed E-state index contributed by atoms with van der Waals surface area (Å²) in [5.74, 6) is -0.965. The van der Waals surface area contributed by atoms with Crippen LogP contribution in [0.15, 0.2) is 24.3 Å². The van der Waals surface area contributed by atoms with Gasteiger partial charge in [0.1, 0.15) is 0 Å². The fraction of sp³-hybridized carbons (Fsp3) is 0.231. The molecule has 2 aliphatic heterocycles. The Morgan fingerprint density at radius 2 is 2.06 bits per heavy atom. The van der Waals surface area contributed by atoms with E-state index in [1.807, 2.05) is 12.1 Å². The molecule has 3 rings (SSSR count). The van der Waals surface area contributed by atoms with Gasteiger partial charge in [-0.25, -0.2) is 0 Å². The van der Waals surface area contributed by atoms with Crippen molar-refractivity contribution in [3.8, 4) is 0 Å². The first-order valence-corrected chi connectivity index (χ1v) is 5.65. The van der Waals surface area contributed by atoms with Crippen LogP contribution in [0, 0.1) is 0 Å². The van der Waals surface area contributed by atoms with E-state index in [0.717, 1.165) is 25.1 Å². The number of benzene rings is 1. The molecule has 2 heterocycles. The summed E-state index contributed by atoms with van der Waals surface area (Å²) in [6.45, 7) is 1.81. The van der Waals surface area contributed by atoms with Crippen LogP contribution in [0.1, 0.15) is 22.3 Å². The summed E-state index contributed by atoms with van der Waals surface area (Å²) >= 11 is 0. The Hall–Kier alpha value is -1.94. The zero-order chi connectivity index (χ0) is 11.8. The number of carbonyl (C=O) groups excluding carboxylic acids is 2. The molecule has 0 fully saturated rings. The molecule has 2 aliphatic rings. The SMILES string of the molecule is O=C1Nc2ccc(C3=CCNCC3)cc2C1=O. The molecule has 0 radical (unpaired) electrons. The molecule has 0 aromatic heterocycles. The van der Waals surface area contributed by atoms with Crippen LogP contribution in [0.4, 0.5) is 5.69 Å². The highest BCUT2D eigenvalue weighted by Crippen LogP contribution is 2.28. The fourth-order valence-electron chi connectivity index (χ4n) is 2.23. The number of carbonyl (C=O) groups is 2. The van der Waals surface area contributed by atoms with Gasteiger partial charge in [-0.2, -0.15) is 0 Å². The van der Waals surface area contributed by atoms with Gasteiger partial charge in [0.05, 0.1) is 11.3 Å². The second kappa shape index (κ2) is 3.82. The molecule has 0 saturated carbocycles. The van der Waals surface area contributed by atoms with Crippen molar-refractivity contribution in [2.75, 3.05) is 18.4 Å². The van der Waals surface area contributed by atoms with E-state index in [1.165, 1.54) is 5.57 Å². The first-order chi connectivity index (χ1) is 8.25. The van der Waals surface area contributed by atoms with E-state index >= 15 is 0 Å². The van der Waals surface area contributed by atoms with Gasteiger partial charge in [0.25, 0.3) is 11.7 Å². The van der Waals surface area contributed by atoms with Crippen molar-refractivity contribution in [2.45, 2.75) is 6.42 Å². The molecule has 0 spiro atoms. The van der Waals surface area contributed by atoms with Crippen LogP contribution in [0.25, 0.3) is 5.57 Å². The summed E-state index contributed by atoms with van der Waals surface area (Å²) in [7, 11) is 0. The minimum Gasteiger partial charge on any atom is -0.318 e. The van der Waals surface area contributed by atoms with Crippen LogP contribution in [0.3, 0.4) is 0 Å². The molecule has 1 aromatic carbocycles. The Labute approximate surface area is 98.7 Å². The number of nitrogens with one attached hydrogen (secondary N) is 2. The Bertz CT molecular complexity index is 546. The summed E-state index contributed by atoms with van der Waals surface area (Å²) in [6.07, 6.45) is 3.08. The summed E-state index contributed by atoms with van der Waals surface area (Å²) < 4.78 is 0. The molecule has 0 bridgehead atoms. The number of hydrogen-bond acceptors (Lipinski definition) is 3. The second-order valence-electron chi connectivity index (χ2n) is 4.23. The number of Topliss-reactive ketones (excluding diaryl/α,β-unsaturated/α-hetero) is 1. The lowest BCUT2D eigenvalue weighted by molar-refractivity contribution is -0.112. The van der Waals surface area contributed by atoms with E-state index in [0.29, 0.717) is 11.3 Å². The van der Waals surface area contributed by atoms with Crippen molar-refractivity contribution < 1.29 is 9.59 Å². The van der Waals surface area contributed by atoms with E-state index < -0.39 is 11.7 Å². The van der Waals surface area contributed by atoms with Crippen LogP contribution in [0.5, 0.6) is 0 Å². The lowest BCUT2D eigenvalue weighted by atomic mass is 9.97. The van der Waals surface area contributed by atoms with E-state index in [1.54, 1.807) is 6.07 Å². The van der Waals surface area contributed by atoms with E-state index in [9.17, 15) is 9.59 Å². The van der Waals surface area contributed by atoms with Crippen molar-refractivity contribution in [3.05, 3.63) is 35.4 Å². The Kier molecular flexibility index (Phi) is 2.30. The van der Waals surface area contributed by atoms with Gasteiger partial charge in [-0.15, -0.1) is 0 Å². The standard InChI is InChI=1S/C13H12N2O2/c16-12-10-7-9(8-3-5-14-6-4-8)1-2-11(10)15-13(12)17/h1-3,7,14H,4-6H2,(H,15,16,17). The quantitative estimate of drug-likeness (QED) is 0.710. The fourth-order valence-corrected chi connectivity index (χ4v) is 2.23. The molecule has 86 valence electrons. The topological polar surface area (TPSA) is 58.2 Å². The molecule has 0 unspecified atom stereocenters. The van der Waals surface area contributed by atoms with Gasteiger partial charge in [0.2, 0.25) is 0 Å². The van der Waals surface area contributed by atoms with Gasteiger partial charge in [0.15, 0.2) is 0 Å². The highest BCUT2D eigenvalue weighted by atomic mass is 16.2. The molecule has 0 aliphatic carbocycles. The summed E-state index contributed by atoms with van der Waals surface area (Å²) in [6, 6.07) is 5.57. The molecule has 17 heavy (non-hydrogen) atoms. The number of amides is 1. The van der Waals surface area contributed by atoms with E-state index in [4.69, 9.17) is 0 Å². The summed E-state index contributed by atoms with van der Waals surface area (Å²) in [4.78, 5) is 22.8. The first kappa shape index (κ1) is 10.2. The van der Waals surface area contributed by atoms with Crippen LogP contribution < -0.4 is 10.6 Å². The normalized spacial score (nSPS) is 18.7. The first-order valence-electron chi connectivity index (χ1n) is 5.65.